The molecule has 1 saturated heterocycles. The summed E-state index contributed by atoms with van der Waals surface area (Å²) in [6.07, 6.45) is 4.23. The van der Waals surface area contributed by atoms with Crippen molar-refractivity contribution in [3.8, 4) is 0 Å². The normalized spacial score (nSPS) is 16.9. The molecule has 1 aromatic rings. The molecular formula is C21H34ClN3O2. The highest BCUT2D eigenvalue weighted by molar-refractivity contribution is 5.88. The minimum Gasteiger partial charge on any atom is -0.344 e. The first kappa shape index (κ1) is 23.4. The van der Waals surface area contributed by atoms with Gasteiger partial charge in [0.1, 0.15) is 6.04 Å². The Balaban J connectivity index is 0.00000364. The number of carbonyl (C=O) groups excluding carboxylic acids is 2. The molecule has 0 aromatic heterocycles. The second-order valence-electron chi connectivity index (χ2n) is 7.43. The van der Waals surface area contributed by atoms with E-state index in [0.717, 1.165) is 38.8 Å². The maximum atomic E-state index is 13.0. The van der Waals surface area contributed by atoms with E-state index in [1.54, 1.807) is 0 Å². The molecule has 0 aliphatic carbocycles. The topological polar surface area (TPSA) is 75.4 Å². The van der Waals surface area contributed by atoms with Gasteiger partial charge in [0.25, 0.3) is 0 Å². The van der Waals surface area contributed by atoms with Gasteiger partial charge in [-0.05, 0) is 36.7 Å². The second-order valence-corrected chi connectivity index (χ2v) is 7.43. The van der Waals surface area contributed by atoms with E-state index in [9.17, 15) is 9.59 Å². The van der Waals surface area contributed by atoms with E-state index in [0.29, 0.717) is 12.5 Å². The number of nitrogens with one attached hydrogen (secondary N) is 1. The number of carbonyl (C=O) groups is 2. The summed E-state index contributed by atoms with van der Waals surface area (Å²) in [5.74, 6) is 0.662. The van der Waals surface area contributed by atoms with Crippen molar-refractivity contribution in [3.63, 3.8) is 0 Å². The van der Waals surface area contributed by atoms with Gasteiger partial charge < -0.3 is 16.0 Å². The van der Waals surface area contributed by atoms with E-state index in [-0.39, 0.29) is 36.6 Å². The van der Waals surface area contributed by atoms with Crippen LogP contribution in [-0.4, -0.2) is 42.4 Å². The number of halogens is 1. The average molecular weight is 396 g/mol. The number of likely N-dealkylation sites (tertiary alicyclic amines) is 1. The molecule has 152 valence electrons. The largest absolute Gasteiger partial charge is 0.344 e. The summed E-state index contributed by atoms with van der Waals surface area (Å²) in [5, 5.41) is 2.91. The monoisotopic (exact) mass is 395 g/mol. The lowest BCUT2D eigenvalue weighted by molar-refractivity contribution is -0.139. The van der Waals surface area contributed by atoms with E-state index < -0.39 is 6.04 Å². The van der Waals surface area contributed by atoms with Gasteiger partial charge in [0, 0.05) is 26.1 Å². The summed E-state index contributed by atoms with van der Waals surface area (Å²) in [6.45, 7) is 5.92. The third-order valence-electron chi connectivity index (χ3n) is 5.46. The van der Waals surface area contributed by atoms with Crippen LogP contribution in [0.25, 0.3) is 0 Å². The Kier molecular flexibility index (Phi) is 10.4. The van der Waals surface area contributed by atoms with Gasteiger partial charge in [0.15, 0.2) is 0 Å². The molecule has 0 radical (unpaired) electrons. The average Bonchev–Trinajstić information content (AvgIpc) is 2.66. The number of piperidine rings is 1. The van der Waals surface area contributed by atoms with Crippen molar-refractivity contribution in [2.75, 3.05) is 19.6 Å². The minimum absolute atomic E-state index is 0. The fraction of sp³-hybridized carbons (Fsp3) is 0.619. The molecule has 2 amide bonds. The molecule has 1 aliphatic heterocycles. The van der Waals surface area contributed by atoms with Crippen LogP contribution in [0, 0.1) is 11.8 Å². The number of benzene rings is 1. The molecule has 1 fully saturated rings. The molecule has 2 rings (SSSR count). The lowest BCUT2D eigenvalue weighted by Gasteiger charge is -2.36. The maximum absolute atomic E-state index is 13.0. The van der Waals surface area contributed by atoms with Crippen LogP contribution < -0.4 is 11.1 Å². The van der Waals surface area contributed by atoms with Crippen LogP contribution in [0.4, 0.5) is 0 Å². The van der Waals surface area contributed by atoms with Gasteiger partial charge >= 0.3 is 0 Å². The number of rotatable bonds is 8. The molecule has 2 unspecified atom stereocenters. The zero-order valence-corrected chi connectivity index (χ0v) is 17.3. The van der Waals surface area contributed by atoms with E-state index in [1.807, 2.05) is 24.8 Å². The van der Waals surface area contributed by atoms with Gasteiger partial charge in [-0.2, -0.15) is 0 Å². The molecule has 0 bridgehead atoms. The quantitative estimate of drug-likeness (QED) is 0.710. The van der Waals surface area contributed by atoms with Crippen molar-refractivity contribution in [2.45, 2.75) is 52.0 Å². The highest BCUT2D eigenvalue weighted by Crippen LogP contribution is 2.23. The second kappa shape index (κ2) is 12.0. The predicted octanol–water partition coefficient (Wildman–Crippen LogP) is 2.77. The van der Waals surface area contributed by atoms with Crippen molar-refractivity contribution >= 4 is 24.2 Å². The third-order valence-corrected chi connectivity index (χ3v) is 5.46. The van der Waals surface area contributed by atoms with Crippen LogP contribution in [0.15, 0.2) is 30.3 Å². The summed E-state index contributed by atoms with van der Waals surface area (Å²) >= 11 is 0. The van der Waals surface area contributed by atoms with Gasteiger partial charge in [-0.15, -0.1) is 12.4 Å². The summed E-state index contributed by atoms with van der Waals surface area (Å²) in [7, 11) is 0. The smallest absolute Gasteiger partial charge is 0.245 e. The zero-order valence-electron chi connectivity index (χ0n) is 16.5. The fourth-order valence-corrected chi connectivity index (χ4v) is 3.56. The first-order chi connectivity index (χ1) is 12.5. The molecule has 1 heterocycles. The van der Waals surface area contributed by atoms with Crippen molar-refractivity contribution < 1.29 is 9.59 Å². The molecule has 1 aromatic carbocycles. The molecule has 6 heteroatoms. The number of hydrogen-bond donors (Lipinski definition) is 2. The lowest BCUT2D eigenvalue weighted by atomic mass is 9.89. The van der Waals surface area contributed by atoms with Gasteiger partial charge in [-0.3, -0.25) is 9.59 Å². The summed E-state index contributed by atoms with van der Waals surface area (Å²) < 4.78 is 0. The van der Waals surface area contributed by atoms with Crippen LogP contribution in [0.2, 0.25) is 0 Å². The molecule has 0 spiro atoms. The standard InChI is InChI=1S/C21H33N3O2.ClH/c1-3-16(2)20(23-19(25)9-12-22)21(26)24-13-10-18(11-14-24)15-17-7-5-4-6-8-17;/h4-8,16,18,20H,3,9-15,22H2,1-2H3,(H,23,25);1H. The van der Waals surface area contributed by atoms with E-state index in [4.69, 9.17) is 5.73 Å². The Hall–Kier alpha value is -1.59. The fourth-order valence-electron chi connectivity index (χ4n) is 3.56. The number of hydrogen-bond acceptors (Lipinski definition) is 3. The van der Waals surface area contributed by atoms with Crippen LogP contribution in [0.5, 0.6) is 0 Å². The first-order valence-corrected chi connectivity index (χ1v) is 9.87. The molecule has 1 aliphatic rings. The van der Waals surface area contributed by atoms with Crippen LogP contribution in [0.3, 0.4) is 0 Å². The zero-order chi connectivity index (χ0) is 18.9. The van der Waals surface area contributed by atoms with Gasteiger partial charge in [0.05, 0.1) is 0 Å². The highest BCUT2D eigenvalue weighted by atomic mass is 35.5. The number of amides is 2. The summed E-state index contributed by atoms with van der Waals surface area (Å²) in [6, 6.07) is 10.1. The van der Waals surface area contributed by atoms with Crippen LogP contribution in [-0.2, 0) is 16.0 Å². The Labute approximate surface area is 169 Å². The third kappa shape index (κ3) is 7.15. The molecule has 3 N–H and O–H groups in total. The van der Waals surface area contributed by atoms with Crippen molar-refractivity contribution in [3.05, 3.63) is 35.9 Å². The minimum atomic E-state index is -0.440. The van der Waals surface area contributed by atoms with E-state index in [2.05, 4.69) is 29.6 Å². The lowest BCUT2D eigenvalue weighted by Crippen LogP contribution is -2.53. The van der Waals surface area contributed by atoms with Crippen LogP contribution in [0.1, 0.15) is 45.1 Å². The van der Waals surface area contributed by atoms with E-state index in [1.165, 1.54) is 5.56 Å². The van der Waals surface area contributed by atoms with Gasteiger partial charge in [0.2, 0.25) is 11.8 Å². The maximum Gasteiger partial charge on any atom is 0.245 e. The highest BCUT2D eigenvalue weighted by Gasteiger charge is 2.32. The Morgan fingerprint density at radius 3 is 2.41 bits per heavy atom. The van der Waals surface area contributed by atoms with Crippen molar-refractivity contribution in [1.29, 1.82) is 0 Å². The molecule has 0 saturated carbocycles. The van der Waals surface area contributed by atoms with E-state index >= 15 is 0 Å². The molecule has 2 atom stereocenters. The molecule has 27 heavy (non-hydrogen) atoms. The van der Waals surface area contributed by atoms with Crippen LogP contribution >= 0.6 is 12.4 Å². The Bertz CT molecular complexity index is 574. The number of nitrogens with zero attached hydrogens (tertiary/aromatic N) is 1. The Morgan fingerprint density at radius 2 is 1.85 bits per heavy atom. The van der Waals surface area contributed by atoms with Gasteiger partial charge in [-0.25, -0.2) is 0 Å². The van der Waals surface area contributed by atoms with Crippen molar-refractivity contribution in [2.24, 2.45) is 17.6 Å². The summed E-state index contributed by atoms with van der Waals surface area (Å²) in [5.41, 5.74) is 6.82. The van der Waals surface area contributed by atoms with Crippen molar-refractivity contribution in [1.82, 2.24) is 10.2 Å². The van der Waals surface area contributed by atoms with Gasteiger partial charge in [-0.1, -0.05) is 50.6 Å². The molecule has 5 nitrogen and oxygen atoms in total. The Morgan fingerprint density at radius 1 is 1.22 bits per heavy atom. The summed E-state index contributed by atoms with van der Waals surface area (Å²) in [4.78, 5) is 26.9. The first-order valence-electron chi connectivity index (χ1n) is 9.87. The predicted molar refractivity (Wildman–Crippen MR) is 112 cm³/mol. The SMILES string of the molecule is CCC(C)C(NC(=O)CCN)C(=O)N1CCC(Cc2ccccc2)CC1.Cl. The number of nitrogens with two attached hydrogens (primary N) is 1. The molecular weight excluding hydrogens is 362 g/mol.